The van der Waals surface area contributed by atoms with E-state index in [4.69, 9.17) is 10.5 Å². The van der Waals surface area contributed by atoms with Gasteiger partial charge >= 0.3 is 0 Å². The number of hydrogen-bond acceptors (Lipinski definition) is 4. The Morgan fingerprint density at radius 1 is 0.917 bits per heavy atom. The predicted octanol–water partition coefficient (Wildman–Crippen LogP) is 1.79. The van der Waals surface area contributed by atoms with Gasteiger partial charge in [0.05, 0.1) is 0 Å². The van der Waals surface area contributed by atoms with Gasteiger partial charge in [-0.05, 0) is 12.8 Å². The van der Waals surface area contributed by atoms with E-state index in [0.29, 0.717) is 13.2 Å². The third-order valence-corrected chi connectivity index (χ3v) is 0.741. The molecule has 68 valence electrons. The Morgan fingerprint density at radius 3 is 1.33 bits per heavy atom. The summed E-state index contributed by atoms with van der Waals surface area (Å²) in [5.74, 6) is 0. The van der Waals surface area contributed by atoms with E-state index in [1.54, 1.807) is 12.5 Å². The van der Waals surface area contributed by atoms with Crippen molar-refractivity contribution >= 4 is 0 Å². The highest BCUT2D eigenvalue weighted by Gasteiger charge is 1.72. The van der Waals surface area contributed by atoms with Crippen molar-refractivity contribution in [2.45, 2.75) is 26.7 Å². The molecule has 0 amide bonds. The molecule has 0 atom stereocenters. The molecule has 0 rings (SSSR count). The third-order valence-electron chi connectivity index (χ3n) is 0.741. The predicted molar refractivity (Wildman–Crippen MR) is 43.7 cm³/mol. The Morgan fingerprint density at radius 2 is 1.25 bits per heavy atom. The summed E-state index contributed by atoms with van der Waals surface area (Å²) >= 11 is 0. The van der Waals surface area contributed by atoms with Gasteiger partial charge in [-0.2, -0.15) is 10.5 Å². The first-order valence-electron chi connectivity index (χ1n) is 3.85. The summed E-state index contributed by atoms with van der Waals surface area (Å²) in [5.41, 5.74) is 0. The fraction of sp³-hybridized carbons (Fsp3) is 0.750. The summed E-state index contributed by atoms with van der Waals surface area (Å²) in [4.78, 5) is 0. The Hall–Kier alpha value is -1.42. The van der Waals surface area contributed by atoms with Crippen LogP contribution in [0.5, 0.6) is 0 Å². The Kier molecular flexibility index (Phi) is 17.9. The number of hydrogen-bond donors (Lipinski definition) is 0. The van der Waals surface area contributed by atoms with Crippen LogP contribution in [-0.4, -0.2) is 13.2 Å². The molecule has 0 aliphatic carbocycles. The average Bonchev–Trinajstić information content (AvgIpc) is 2.12. The van der Waals surface area contributed by atoms with Crippen LogP contribution in [-0.2, 0) is 9.47 Å². The molecule has 0 unspecified atom stereocenters. The summed E-state index contributed by atoms with van der Waals surface area (Å²) < 4.78 is 8.58. The van der Waals surface area contributed by atoms with Crippen molar-refractivity contribution in [3.63, 3.8) is 0 Å². The number of ether oxygens (including phenoxy) is 2. The number of nitriles is 2. The molecule has 4 heteroatoms. The van der Waals surface area contributed by atoms with Gasteiger partial charge in [0.2, 0.25) is 0 Å². The van der Waals surface area contributed by atoms with Gasteiger partial charge in [-0.15, -0.1) is 0 Å². The number of nitrogens with zero attached hydrogens (tertiary/aromatic N) is 2. The first kappa shape index (κ1) is 13.2. The summed E-state index contributed by atoms with van der Waals surface area (Å²) in [6.45, 7) is 5.02. The minimum atomic E-state index is 0.552. The van der Waals surface area contributed by atoms with E-state index >= 15 is 0 Å². The largest absolute Gasteiger partial charge is 0.428 e. The molecule has 0 fully saturated rings. The Balaban J connectivity index is 0. The van der Waals surface area contributed by atoms with E-state index < -0.39 is 0 Å². The normalized spacial score (nSPS) is 6.67. The van der Waals surface area contributed by atoms with Gasteiger partial charge < -0.3 is 9.47 Å². The van der Waals surface area contributed by atoms with Crippen molar-refractivity contribution in [3.8, 4) is 12.5 Å². The molecule has 0 aliphatic rings. The molecule has 0 aromatic heterocycles. The maximum Gasteiger partial charge on any atom is 0.286 e. The topological polar surface area (TPSA) is 66.0 Å². The Labute approximate surface area is 73.3 Å². The molecule has 0 heterocycles. The van der Waals surface area contributed by atoms with E-state index in [2.05, 4.69) is 9.47 Å². The van der Waals surface area contributed by atoms with Crippen LogP contribution in [0.25, 0.3) is 0 Å². The smallest absolute Gasteiger partial charge is 0.286 e. The molecule has 0 bridgehead atoms. The molecule has 4 nitrogen and oxygen atoms in total. The maximum atomic E-state index is 7.73. The van der Waals surface area contributed by atoms with Crippen LogP contribution in [0.1, 0.15) is 26.7 Å². The van der Waals surface area contributed by atoms with Crippen LogP contribution in [0.3, 0.4) is 0 Å². The summed E-state index contributed by atoms with van der Waals surface area (Å²) in [5, 5.41) is 15.5. The van der Waals surface area contributed by atoms with Gasteiger partial charge in [0.1, 0.15) is 13.2 Å². The third kappa shape index (κ3) is 23.5. The van der Waals surface area contributed by atoms with Gasteiger partial charge in [0.25, 0.3) is 12.5 Å². The lowest BCUT2D eigenvalue weighted by Crippen LogP contribution is -1.80. The lowest BCUT2D eigenvalue weighted by atomic mass is 10.5. The van der Waals surface area contributed by atoms with E-state index in [0.717, 1.165) is 12.8 Å². The molecular weight excluding hydrogens is 156 g/mol. The van der Waals surface area contributed by atoms with Crippen LogP contribution >= 0.6 is 0 Å². The van der Waals surface area contributed by atoms with Crippen LogP contribution in [0.2, 0.25) is 0 Å². The summed E-state index contributed by atoms with van der Waals surface area (Å²) in [6.07, 6.45) is 4.96. The highest BCUT2D eigenvalue weighted by Crippen LogP contribution is 1.73. The molecular formula is C8H14N2O2. The summed E-state index contributed by atoms with van der Waals surface area (Å²) in [7, 11) is 0. The zero-order valence-corrected chi connectivity index (χ0v) is 7.54. The minimum Gasteiger partial charge on any atom is -0.428 e. The van der Waals surface area contributed by atoms with Crippen molar-refractivity contribution in [1.82, 2.24) is 0 Å². The maximum absolute atomic E-state index is 7.73. The van der Waals surface area contributed by atoms with E-state index in [-0.39, 0.29) is 0 Å². The molecule has 0 spiro atoms. The molecule has 0 aliphatic heterocycles. The van der Waals surface area contributed by atoms with Crippen molar-refractivity contribution in [2.24, 2.45) is 0 Å². The second kappa shape index (κ2) is 16.3. The zero-order chi connectivity index (χ0) is 9.66. The first-order valence-corrected chi connectivity index (χ1v) is 3.85. The fourth-order valence-electron chi connectivity index (χ4n) is 0.295. The standard InChI is InChI=1S/2C4H7NO/c2*1-2-3-6-4-5/h2*2-3H2,1H3. The highest BCUT2D eigenvalue weighted by atomic mass is 16.5. The molecule has 0 radical (unpaired) electrons. The number of rotatable bonds is 4. The van der Waals surface area contributed by atoms with Gasteiger partial charge in [-0.3, -0.25) is 0 Å². The lowest BCUT2D eigenvalue weighted by molar-refractivity contribution is 0.270. The second-order valence-electron chi connectivity index (χ2n) is 1.88. The van der Waals surface area contributed by atoms with Gasteiger partial charge in [-0.25, -0.2) is 0 Å². The molecule has 0 saturated heterocycles. The monoisotopic (exact) mass is 170 g/mol. The SMILES string of the molecule is CCCOC#N.CCCOC#N. The van der Waals surface area contributed by atoms with Gasteiger partial charge in [0.15, 0.2) is 0 Å². The summed E-state index contributed by atoms with van der Waals surface area (Å²) in [6, 6.07) is 0. The lowest BCUT2D eigenvalue weighted by Gasteiger charge is -1.83. The fourth-order valence-corrected chi connectivity index (χ4v) is 0.295. The molecule has 0 N–H and O–H groups in total. The molecule has 0 saturated carbocycles. The molecule has 0 aromatic carbocycles. The minimum absolute atomic E-state index is 0.552. The highest BCUT2D eigenvalue weighted by molar-refractivity contribution is 4.45. The second-order valence-corrected chi connectivity index (χ2v) is 1.88. The van der Waals surface area contributed by atoms with Crippen LogP contribution in [0.4, 0.5) is 0 Å². The zero-order valence-electron chi connectivity index (χ0n) is 7.54. The van der Waals surface area contributed by atoms with Crippen molar-refractivity contribution < 1.29 is 9.47 Å². The molecule has 0 aromatic rings. The van der Waals surface area contributed by atoms with Crippen molar-refractivity contribution in [1.29, 1.82) is 10.5 Å². The Bertz CT molecular complexity index is 128. The van der Waals surface area contributed by atoms with Crippen molar-refractivity contribution in [2.75, 3.05) is 13.2 Å². The molecule has 12 heavy (non-hydrogen) atoms. The van der Waals surface area contributed by atoms with Gasteiger partial charge in [0, 0.05) is 0 Å². The van der Waals surface area contributed by atoms with Crippen LogP contribution in [0.15, 0.2) is 0 Å². The average molecular weight is 170 g/mol. The first-order chi connectivity index (χ1) is 5.83. The van der Waals surface area contributed by atoms with E-state index in [1.165, 1.54) is 0 Å². The van der Waals surface area contributed by atoms with Crippen LogP contribution in [0, 0.1) is 23.0 Å². The van der Waals surface area contributed by atoms with Crippen LogP contribution < -0.4 is 0 Å². The van der Waals surface area contributed by atoms with E-state index in [1.807, 2.05) is 13.8 Å². The quantitative estimate of drug-likeness (QED) is 0.476. The van der Waals surface area contributed by atoms with E-state index in [9.17, 15) is 0 Å². The van der Waals surface area contributed by atoms with Gasteiger partial charge in [-0.1, -0.05) is 13.8 Å². The van der Waals surface area contributed by atoms with Crippen molar-refractivity contribution in [3.05, 3.63) is 0 Å².